The van der Waals surface area contributed by atoms with Crippen LogP contribution in [0.2, 0.25) is 0 Å². The highest BCUT2D eigenvalue weighted by Gasteiger charge is 2.27. The van der Waals surface area contributed by atoms with Crippen molar-refractivity contribution >= 4 is 38.8 Å². The molecule has 6 nitrogen and oxygen atoms in total. The van der Waals surface area contributed by atoms with E-state index < -0.39 is 0 Å². The van der Waals surface area contributed by atoms with E-state index in [9.17, 15) is 5.26 Å². The van der Waals surface area contributed by atoms with Gasteiger partial charge in [-0.05, 0) is 31.2 Å². The molecule has 0 amide bonds. The van der Waals surface area contributed by atoms with Crippen molar-refractivity contribution in [1.29, 1.82) is 5.26 Å². The van der Waals surface area contributed by atoms with Gasteiger partial charge in [-0.3, -0.25) is 4.40 Å². The minimum absolute atomic E-state index is 0.470. The average molecular weight is 330 g/mol. The number of methoxy groups -OCH3 is 1. The zero-order valence-electron chi connectivity index (χ0n) is 14.2. The summed E-state index contributed by atoms with van der Waals surface area (Å²) >= 11 is 0. The number of hydrogen-bond donors (Lipinski definition) is 1. The zero-order valence-corrected chi connectivity index (χ0v) is 14.2. The summed E-state index contributed by atoms with van der Waals surface area (Å²) < 4.78 is 11.8. The Kier molecular flexibility index (Phi) is 2.42. The van der Waals surface area contributed by atoms with Crippen molar-refractivity contribution in [3.05, 3.63) is 41.7 Å². The van der Waals surface area contributed by atoms with Crippen molar-refractivity contribution in [3.63, 3.8) is 0 Å². The van der Waals surface area contributed by atoms with Gasteiger partial charge in [-0.1, -0.05) is 0 Å². The van der Waals surface area contributed by atoms with Gasteiger partial charge in [0.2, 0.25) is 11.8 Å². The van der Waals surface area contributed by atoms with Crippen molar-refractivity contribution in [2.75, 3.05) is 12.8 Å². The molecule has 5 aromatic rings. The van der Waals surface area contributed by atoms with Crippen LogP contribution in [0.4, 0.5) is 5.82 Å². The number of anilines is 1. The summed E-state index contributed by atoms with van der Waals surface area (Å²) in [5.74, 6) is 1.27. The number of nitrogens with two attached hydrogens (primary N) is 1. The summed E-state index contributed by atoms with van der Waals surface area (Å²) in [5, 5.41) is 10.5. The van der Waals surface area contributed by atoms with E-state index in [1.807, 2.05) is 42.6 Å². The fourth-order valence-corrected chi connectivity index (χ4v) is 4.08. The van der Waals surface area contributed by atoms with Crippen molar-refractivity contribution in [2.45, 2.75) is 6.92 Å². The Bertz CT molecular complexity index is 1370. The van der Waals surface area contributed by atoms with Crippen LogP contribution < -0.4 is 15.0 Å². The fourth-order valence-electron chi connectivity index (χ4n) is 4.08. The molecule has 25 heavy (non-hydrogen) atoms. The standard InChI is InChI=1S/C19H16N5O/c1-10-15(25-3)7-6-14-16(10)24-17-11(12(8-20)19(24)21)4-5-13-18(17)23(14)9-22(13)2/h4-7,9H,21H2,1-3H3/q+1. The van der Waals surface area contributed by atoms with Crippen LogP contribution >= 0.6 is 0 Å². The minimum atomic E-state index is 0.470. The molecule has 2 aromatic carbocycles. The lowest BCUT2D eigenvalue weighted by molar-refractivity contribution is -0.645. The normalized spacial score (nSPS) is 11.9. The third-order valence-electron chi connectivity index (χ3n) is 5.20. The topological polar surface area (TPSA) is 71.7 Å². The number of rotatable bonds is 1. The van der Waals surface area contributed by atoms with Gasteiger partial charge < -0.3 is 10.5 Å². The fraction of sp³-hybridized carbons (Fsp3) is 0.158. The van der Waals surface area contributed by atoms with Crippen LogP contribution in [0.3, 0.4) is 0 Å². The van der Waals surface area contributed by atoms with Gasteiger partial charge in [0.05, 0.1) is 14.2 Å². The number of nitrogens with zero attached hydrogens (tertiary/aromatic N) is 4. The van der Waals surface area contributed by atoms with Crippen LogP contribution in [0.5, 0.6) is 5.75 Å². The first-order valence-electron chi connectivity index (χ1n) is 8.00. The molecule has 0 aliphatic carbocycles. The molecule has 5 rings (SSSR count). The first-order chi connectivity index (χ1) is 12.1. The molecule has 0 aliphatic rings. The van der Waals surface area contributed by atoms with Crippen LogP contribution in [0.1, 0.15) is 11.1 Å². The number of benzene rings is 2. The number of imidazole rings is 1. The van der Waals surface area contributed by atoms with Crippen LogP contribution in [0, 0.1) is 18.3 Å². The Morgan fingerprint density at radius 3 is 2.68 bits per heavy atom. The average Bonchev–Trinajstić information content (AvgIpc) is 3.09. The van der Waals surface area contributed by atoms with Crippen LogP contribution in [-0.4, -0.2) is 15.9 Å². The zero-order chi connectivity index (χ0) is 17.5. The van der Waals surface area contributed by atoms with Crippen molar-refractivity contribution < 1.29 is 9.30 Å². The first kappa shape index (κ1) is 13.9. The third-order valence-corrected chi connectivity index (χ3v) is 5.20. The van der Waals surface area contributed by atoms with Gasteiger partial charge >= 0.3 is 0 Å². The van der Waals surface area contributed by atoms with E-state index in [0.717, 1.165) is 44.3 Å². The van der Waals surface area contributed by atoms with Gasteiger partial charge in [0.15, 0.2) is 11.0 Å². The molecule has 0 fully saturated rings. The molecule has 6 heteroatoms. The molecule has 0 spiro atoms. The Morgan fingerprint density at radius 2 is 1.96 bits per heavy atom. The lowest BCUT2D eigenvalue weighted by Gasteiger charge is -2.11. The highest BCUT2D eigenvalue weighted by molar-refractivity contribution is 6.11. The highest BCUT2D eigenvalue weighted by atomic mass is 16.5. The van der Waals surface area contributed by atoms with Gasteiger partial charge in [0, 0.05) is 10.9 Å². The maximum Gasteiger partial charge on any atom is 0.249 e. The molecular formula is C19H16N5O+. The smallest absolute Gasteiger partial charge is 0.249 e. The number of aromatic nitrogens is 3. The monoisotopic (exact) mass is 330 g/mol. The third kappa shape index (κ3) is 1.42. The second-order valence-corrected chi connectivity index (χ2v) is 6.39. The maximum atomic E-state index is 9.66. The minimum Gasteiger partial charge on any atom is -0.496 e. The number of aryl methyl sites for hydroxylation is 2. The quantitative estimate of drug-likeness (QED) is 0.379. The SMILES string of the molecule is COc1ccc2c(c1C)n1c(N)c(C#N)c3ccc4c(c31)n2c[n+]4C. The maximum absolute atomic E-state index is 9.66. The Balaban J connectivity index is 2.27. The predicted octanol–water partition coefficient (Wildman–Crippen LogP) is 2.53. The van der Waals surface area contributed by atoms with Crippen molar-refractivity contribution in [3.8, 4) is 11.8 Å². The van der Waals surface area contributed by atoms with E-state index in [4.69, 9.17) is 10.5 Å². The van der Waals surface area contributed by atoms with E-state index >= 15 is 0 Å². The van der Waals surface area contributed by atoms with Crippen molar-refractivity contribution in [1.82, 2.24) is 8.80 Å². The molecule has 0 unspecified atom stereocenters. The second kappa shape index (κ2) is 4.33. The predicted molar refractivity (Wildman–Crippen MR) is 96.1 cm³/mol. The Labute approximate surface area is 143 Å². The molecule has 3 heterocycles. The van der Waals surface area contributed by atoms with Crippen LogP contribution in [-0.2, 0) is 7.05 Å². The van der Waals surface area contributed by atoms with E-state index in [0.29, 0.717) is 11.4 Å². The van der Waals surface area contributed by atoms with Crippen LogP contribution in [0.25, 0.3) is 33.0 Å². The molecule has 0 saturated heterocycles. The summed E-state index contributed by atoms with van der Waals surface area (Å²) in [6, 6.07) is 10.3. The number of nitriles is 1. The van der Waals surface area contributed by atoms with Gasteiger partial charge in [0.25, 0.3) is 0 Å². The number of ether oxygens (including phenoxy) is 1. The molecule has 122 valence electrons. The van der Waals surface area contributed by atoms with E-state index in [-0.39, 0.29) is 0 Å². The van der Waals surface area contributed by atoms with Crippen molar-refractivity contribution in [2.24, 2.45) is 7.05 Å². The highest BCUT2D eigenvalue weighted by Crippen LogP contribution is 2.38. The molecule has 2 N–H and O–H groups in total. The van der Waals surface area contributed by atoms with E-state index in [1.165, 1.54) is 0 Å². The molecule has 0 aliphatic heterocycles. The molecule has 0 atom stereocenters. The summed E-state index contributed by atoms with van der Waals surface area (Å²) in [7, 11) is 3.68. The molecule has 0 bridgehead atoms. The lowest BCUT2D eigenvalue weighted by Crippen LogP contribution is -2.24. The Morgan fingerprint density at radius 1 is 1.16 bits per heavy atom. The number of fused-ring (bicyclic) bond motifs is 3. The summed E-state index contributed by atoms with van der Waals surface area (Å²) in [4.78, 5) is 0. The summed E-state index contributed by atoms with van der Waals surface area (Å²) in [6.07, 6.45) is 2.06. The summed E-state index contributed by atoms with van der Waals surface area (Å²) in [5.41, 5.74) is 13.0. The summed E-state index contributed by atoms with van der Waals surface area (Å²) in [6.45, 7) is 2.02. The molecule has 3 aromatic heterocycles. The molecular weight excluding hydrogens is 314 g/mol. The number of nitrogen functional groups attached to an aromatic ring is 1. The van der Waals surface area contributed by atoms with Crippen LogP contribution in [0.15, 0.2) is 30.6 Å². The van der Waals surface area contributed by atoms with E-state index in [1.54, 1.807) is 7.11 Å². The molecule has 0 saturated carbocycles. The van der Waals surface area contributed by atoms with Gasteiger partial charge in [0.1, 0.15) is 34.2 Å². The second-order valence-electron chi connectivity index (χ2n) is 6.39. The Hall–Kier alpha value is -3.46. The van der Waals surface area contributed by atoms with Gasteiger partial charge in [-0.25, -0.2) is 4.57 Å². The largest absolute Gasteiger partial charge is 0.496 e. The lowest BCUT2D eigenvalue weighted by atomic mass is 10.1. The molecule has 0 radical (unpaired) electrons. The first-order valence-corrected chi connectivity index (χ1v) is 8.00. The van der Waals surface area contributed by atoms with Gasteiger partial charge in [-0.15, -0.1) is 0 Å². The van der Waals surface area contributed by atoms with E-state index in [2.05, 4.69) is 21.4 Å². The number of hydrogen-bond acceptors (Lipinski definition) is 3. The van der Waals surface area contributed by atoms with Gasteiger partial charge in [-0.2, -0.15) is 9.66 Å².